The van der Waals surface area contributed by atoms with Crippen LogP contribution in [0.3, 0.4) is 0 Å². The van der Waals surface area contributed by atoms with Crippen molar-refractivity contribution in [2.24, 2.45) is 5.92 Å². The predicted octanol–water partition coefficient (Wildman–Crippen LogP) is 7.70. The van der Waals surface area contributed by atoms with Gasteiger partial charge in [-0.25, -0.2) is 8.78 Å². The maximum absolute atomic E-state index is 13.9. The monoisotopic (exact) mass is 562 g/mol. The molecule has 0 unspecified atom stereocenters. The fourth-order valence-electron chi connectivity index (χ4n) is 3.61. The fraction of sp³-hybridized carbons (Fsp3) is 0.130. The summed E-state index contributed by atoms with van der Waals surface area (Å²) in [4.78, 5) is 25.5. The molecule has 2 N–H and O–H groups in total. The second-order valence-electron chi connectivity index (χ2n) is 7.57. The molecule has 1 fully saturated rings. The van der Waals surface area contributed by atoms with Gasteiger partial charge in [0, 0.05) is 21.7 Å². The minimum atomic E-state index is -1.39. The van der Waals surface area contributed by atoms with Crippen LogP contribution < -0.4 is 10.6 Å². The quantitative estimate of drug-likeness (QED) is 0.312. The van der Waals surface area contributed by atoms with E-state index in [2.05, 4.69) is 10.6 Å². The zero-order valence-corrected chi connectivity index (χ0v) is 20.6. The number of carbonyl (C=O) groups excluding carboxylic acids is 2. The van der Waals surface area contributed by atoms with E-state index in [1.165, 1.54) is 30.3 Å². The van der Waals surface area contributed by atoms with Gasteiger partial charge in [-0.05, 0) is 54.1 Å². The molecule has 2 amide bonds. The molecule has 176 valence electrons. The SMILES string of the molecule is O=C(Nc1cccc(F)c1F)c1cc(NC(=O)[C@H]2[C@H](c3cc(Cl)cc(Cl)c3)C2(Cl)Cl)ccc1Cl. The summed E-state index contributed by atoms with van der Waals surface area (Å²) in [6, 6.07) is 12.3. The molecule has 0 aliphatic heterocycles. The number of nitrogens with one attached hydrogen (secondary N) is 2. The van der Waals surface area contributed by atoms with E-state index in [0.717, 1.165) is 6.07 Å². The van der Waals surface area contributed by atoms with Crippen LogP contribution in [0.1, 0.15) is 21.8 Å². The van der Waals surface area contributed by atoms with Gasteiger partial charge in [-0.15, -0.1) is 23.2 Å². The van der Waals surface area contributed by atoms with Crippen molar-refractivity contribution in [1.29, 1.82) is 0 Å². The van der Waals surface area contributed by atoms with E-state index >= 15 is 0 Å². The molecule has 0 saturated heterocycles. The van der Waals surface area contributed by atoms with Crippen molar-refractivity contribution >= 4 is 81.2 Å². The average Bonchev–Trinajstić information content (AvgIpc) is 3.34. The molecule has 11 heteroatoms. The number of hydrogen-bond acceptors (Lipinski definition) is 2. The fourth-order valence-corrected chi connectivity index (χ4v) is 5.18. The van der Waals surface area contributed by atoms with E-state index in [9.17, 15) is 18.4 Å². The Hall–Kier alpha value is -2.09. The molecule has 0 heterocycles. The first kappa shape index (κ1) is 25.0. The van der Waals surface area contributed by atoms with Crippen LogP contribution in [0, 0.1) is 17.6 Å². The maximum atomic E-state index is 13.9. The van der Waals surface area contributed by atoms with Gasteiger partial charge in [0.05, 0.1) is 22.2 Å². The van der Waals surface area contributed by atoms with Crippen LogP contribution in [0.2, 0.25) is 15.1 Å². The van der Waals surface area contributed by atoms with Crippen molar-refractivity contribution in [2.75, 3.05) is 10.6 Å². The minimum absolute atomic E-state index is 0.0363. The van der Waals surface area contributed by atoms with Gasteiger partial charge in [0.15, 0.2) is 11.6 Å². The van der Waals surface area contributed by atoms with E-state index in [1.54, 1.807) is 18.2 Å². The molecule has 0 bridgehead atoms. The molecule has 4 nitrogen and oxygen atoms in total. The van der Waals surface area contributed by atoms with Crippen molar-refractivity contribution in [3.63, 3.8) is 0 Å². The normalized spacial score (nSPS) is 18.3. The summed E-state index contributed by atoms with van der Waals surface area (Å²) >= 11 is 30.9. The first-order valence-electron chi connectivity index (χ1n) is 9.68. The van der Waals surface area contributed by atoms with Crippen LogP contribution in [0.5, 0.6) is 0 Å². The van der Waals surface area contributed by atoms with Crippen LogP contribution in [0.15, 0.2) is 54.6 Å². The van der Waals surface area contributed by atoms with Crippen LogP contribution in [0.25, 0.3) is 0 Å². The van der Waals surface area contributed by atoms with E-state index in [-0.39, 0.29) is 22.0 Å². The first-order valence-corrected chi connectivity index (χ1v) is 11.6. The number of carbonyl (C=O) groups is 2. The van der Waals surface area contributed by atoms with E-state index in [4.69, 9.17) is 58.0 Å². The highest BCUT2D eigenvalue weighted by Crippen LogP contribution is 2.65. The topological polar surface area (TPSA) is 58.2 Å². The second kappa shape index (κ2) is 9.51. The number of anilines is 2. The Balaban J connectivity index is 1.52. The van der Waals surface area contributed by atoms with E-state index in [0.29, 0.717) is 15.6 Å². The van der Waals surface area contributed by atoms with Crippen molar-refractivity contribution in [3.05, 3.63) is 92.4 Å². The van der Waals surface area contributed by atoms with Crippen LogP contribution in [0.4, 0.5) is 20.2 Å². The third-order valence-corrected chi connectivity index (χ3v) is 6.96. The van der Waals surface area contributed by atoms with Crippen molar-refractivity contribution in [3.8, 4) is 0 Å². The van der Waals surface area contributed by atoms with Crippen LogP contribution in [-0.2, 0) is 4.79 Å². The lowest BCUT2D eigenvalue weighted by Crippen LogP contribution is -2.18. The highest BCUT2D eigenvalue weighted by molar-refractivity contribution is 6.53. The Labute approximate surface area is 218 Å². The molecular weight excluding hydrogens is 552 g/mol. The smallest absolute Gasteiger partial charge is 0.257 e. The number of amides is 2. The summed E-state index contributed by atoms with van der Waals surface area (Å²) in [6.07, 6.45) is 0. The van der Waals surface area contributed by atoms with Gasteiger partial charge < -0.3 is 10.6 Å². The lowest BCUT2D eigenvalue weighted by atomic mass is 10.1. The average molecular weight is 565 g/mol. The third-order valence-electron chi connectivity index (χ3n) is 5.26. The Kier molecular flexibility index (Phi) is 7.00. The molecule has 0 aromatic heterocycles. The maximum Gasteiger partial charge on any atom is 0.257 e. The number of hydrogen-bond donors (Lipinski definition) is 2. The third kappa shape index (κ3) is 4.97. The molecule has 4 rings (SSSR count). The largest absolute Gasteiger partial charge is 0.326 e. The first-order chi connectivity index (χ1) is 16.0. The van der Waals surface area contributed by atoms with Gasteiger partial charge in [-0.3, -0.25) is 9.59 Å². The Bertz CT molecular complexity index is 1300. The summed E-state index contributed by atoms with van der Waals surface area (Å²) in [7, 11) is 0. The highest BCUT2D eigenvalue weighted by Gasteiger charge is 2.67. The molecule has 0 spiro atoms. The van der Waals surface area contributed by atoms with Crippen molar-refractivity contribution in [2.45, 2.75) is 10.3 Å². The Morgan fingerprint density at radius 2 is 1.56 bits per heavy atom. The molecular formula is C23H13Cl5F2N2O2. The van der Waals surface area contributed by atoms with Crippen molar-refractivity contribution < 1.29 is 18.4 Å². The van der Waals surface area contributed by atoms with Gasteiger partial charge in [0.2, 0.25) is 5.91 Å². The van der Waals surface area contributed by atoms with Crippen LogP contribution in [-0.4, -0.2) is 16.1 Å². The van der Waals surface area contributed by atoms with E-state index < -0.39 is 39.6 Å². The van der Waals surface area contributed by atoms with Gasteiger partial charge in [-0.1, -0.05) is 40.9 Å². The number of benzene rings is 3. The molecule has 2 atom stereocenters. The number of halogens is 7. The van der Waals surface area contributed by atoms with Gasteiger partial charge in [0.25, 0.3) is 5.91 Å². The Morgan fingerprint density at radius 1 is 0.882 bits per heavy atom. The number of alkyl halides is 2. The molecule has 3 aromatic rings. The summed E-state index contributed by atoms with van der Waals surface area (Å²) in [5.74, 6) is -5.00. The summed E-state index contributed by atoms with van der Waals surface area (Å²) in [5, 5.41) is 5.69. The van der Waals surface area contributed by atoms with Gasteiger partial charge in [0.1, 0.15) is 4.33 Å². The zero-order chi connectivity index (χ0) is 24.8. The molecule has 1 aliphatic carbocycles. The molecule has 1 aliphatic rings. The summed E-state index contributed by atoms with van der Waals surface area (Å²) in [5.41, 5.74) is 0.403. The zero-order valence-electron chi connectivity index (χ0n) is 16.8. The van der Waals surface area contributed by atoms with Crippen LogP contribution >= 0.6 is 58.0 Å². The molecule has 3 aromatic carbocycles. The minimum Gasteiger partial charge on any atom is -0.326 e. The van der Waals surface area contributed by atoms with E-state index in [1.807, 2.05) is 0 Å². The molecule has 1 saturated carbocycles. The predicted molar refractivity (Wildman–Crippen MR) is 132 cm³/mol. The lowest BCUT2D eigenvalue weighted by Gasteiger charge is -2.11. The van der Waals surface area contributed by atoms with Crippen molar-refractivity contribution in [1.82, 2.24) is 0 Å². The molecule has 0 radical (unpaired) electrons. The summed E-state index contributed by atoms with van der Waals surface area (Å²) in [6.45, 7) is 0. The number of rotatable bonds is 5. The standard InChI is InChI=1S/C23H13Cl5F2N2O2/c24-11-6-10(7-12(25)8-11)18-19(23(18,27)28)22(34)31-13-4-5-15(26)14(9-13)21(33)32-17-3-1-2-16(29)20(17)30/h1-9,18-19H,(H,31,34)(H,32,33)/t18-,19+/m0/s1. The lowest BCUT2D eigenvalue weighted by molar-refractivity contribution is -0.117. The second-order valence-corrected chi connectivity index (χ2v) is 10.3. The van der Waals surface area contributed by atoms with Gasteiger partial charge >= 0.3 is 0 Å². The highest BCUT2D eigenvalue weighted by atomic mass is 35.5. The Morgan fingerprint density at radius 3 is 2.24 bits per heavy atom. The summed E-state index contributed by atoms with van der Waals surface area (Å²) < 4.78 is 25.9. The molecule has 34 heavy (non-hydrogen) atoms. The van der Waals surface area contributed by atoms with Gasteiger partial charge in [-0.2, -0.15) is 0 Å².